The van der Waals surface area contributed by atoms with Gasteiger partial charge >= 0.3 is 0 Å². The van der Waals surface area contributed by atoms with Crippen LogP contribution in [0.5, 0.6) is 0 Å². The molecule has 114 valence electrons. The zero-order valence-corrected chi connectivity index (χ0v) is 13.1. The largest absolute Gasteiger partial charge is 0.299 e. The topological polar surface area (TPSA) is 29.4 Å². The number of hydrogen-bond donors (Lipinski definition) is 0. The lowest BCUT2D eigenvalue weighted by Gasteiger charge is -2.43. The van der Waals surface area contributed by atoms with Crippen LogP contribution < -0.4 is 0 Å². The number of carbonyl (C=O) groups excluding carboxylic acids is 1. The van der Waals surface area contributed by atoms with Gasteiger partial charge in [-0.05, 0) is 36.5 Å². The Morgan fingerprint density at radius 1 is 0.905 bits per heavy atom. The van der Waals surface area contributed by atoms with Crippen LogP contribution in [0.3, 0.4) is 0 Å². The van der Waals surface area contributed by atoms with Crippen LogP contribution in [0.15, 0.2) is 4.99 Å². The summed E-state index contributed by atoms with van der Waals surface area (Å²) in [7, 11) is 0. The Kier molecular flexibility index (Phi) is 2.71. The summed E-state index contributed by atoms with van der Waals surface area (Å²) < 4.78 is 0. The molecule has 2 heteroatoms. The van der Waals surface area contributed by atoms with Crippen LogP contribution in [0.25, 0.3) is 0 Å². The van der Waals surface area contributed by atoms with Crippen molar-refractivity contribution in [2.24, 2.45) is 52.3 Å². The molecule has 0 aliphatic heterocycles. The lowest BCUT2D eigenvalue weighted by atomic mass is 9.59. The first kappa shape index (κ1) is 12.8. The molecular formula is C19H27NO. The Bertz CT molecular complexity index is 510. The van der Waals surface area contributed by atoms with Gasteiger partial charge in [-0.25, -0.2) is 0 Å². The van der Waals surface area contributed by atoms with Crippen LogP contribution >= 0.6 is 0 Å². The highest BCUT2D eigenvalue weighted by molar-refractivity contribution is 6.08. The number of hydrogen-bond acceptors (Lipinski definition) is 2. The lowest BCUT2D eigenvalue weighted by Crippen LogP contribution is -2.48. The second kappa shape index (κ2) is 4.43. The van der Waals surface area contributed by atoms with E-state index in [1.54, 1.807) is 0 Å². The molecule has 21 heavy (non-hydrogen) atoms. The van der Waals surface area contributed by atoms with E-state index in [9.17, 15) is 4.79 Å². The smallest absolute Gasteiger partial charge is 0.140 e. The summed E-state index contributed by atoms with van der Waals surface area (Å²) in [5.74, 6) is 6.16. The zero-order valence-electron chi connectivity index (χ0n) is 13.1. The Morgan fingerprint density at radius 2 is 1.62 bits per heavy atom. The highest BCUT2D eigenvalue weighted by atomic mass is 16.1. The molecule has 5 rings (SSSR count). The average Bonchev–Trinajstić information content (AvgIpc) is 2.98. The van der Waals surface area contributed by atoms with E-state index in [4.69, 9.17) is 4.99 Å². The summed E-state index contributed by atoms with van der Waals surface area (Å²) >= 11 is 0. The van der Waals surface area contributed by atoms with Gasteiger partial charge in [0.05, 0.1) is 0 Å². The van der Waals surface area contributed by atoms with Crippen molar-refractivity contribution in [3.05, 3.63) is 0 Å². The molecule has 0 aromatic rings. The monoisotopic (exact) mass is 285 g/mol. The summed E-state index contributed by atoms with van der Waals surface area (Å²) in [5.41, 5.74) is 1.53. The van der Waals surface area contributed by atoms with E-state index in [2.05, 4.69) is 6.92 Å². The molecule has 0 saturated heterocycles. The van der Waals surface area contributed by atoms with Crippen LogP contribution in [0.4, 0.5) is 0 Å². The minimum absolute atomic E-state index is 0.434. The minimum Gasteiger partial charge on any atom is -0.299 e. The molecule has 0 N–H and O–H groups in total. The average molecular weight is 285 g/mol. The number of nitrogens with zero attached hydrogens (tertiary/aromatic N) is 1. The summed E-state index contributed by atoms with van der Waals surface area (Å²) in [4.78, 5) is 17.5. The van der Waals surface area contributed by atoms with E-state index in [1.807, 2.05) is 0 Å². The molecule has 5 fully saturated rings. The molecule has 5 aliphatic rings. The van der Waals surface area contributed by atoms with Gasteiger partial charge in [0.15, 0.2) is 0 Å². The number of ketones is 1. The lowest BCUT2D eigenvalue weighted by molar-refractivity contribution is -0.129. The summed E-state index contributed by atoms with van der Waals surface area (Å²) in [6.07, 6.45) is 9.46. The number of unbranched alkanes of at least 4 members (excludes halogenated alkanes) is 5. The molecular weight excluding hydrogens is 258 g/mol. The standard InChI is InChI=1S/C19H27NO/c1-2-3-4-5-6-7-8-20-18-14-10-9-11-13-12(10)16(18)17(13)19(21)15(11)14/h10-17H,2-9H2,1H3. The molecule has 0 amide bonds. The Morgan fingerprint density at radius 3 is 2.48 bits per heavy atom. The molecule has 8 atom stereocenters. The molecule has 8 unspecified atom stereocenters. The number of carbonyl (C=O) groups is 1. The maximum absolute atomic E-state index is 12.5. The number of rotatable bonds is 7. The van der Waals surface area contributed by atoms with Gasteiger partial charge < -0.3 is 0 Å². The molecule has 2 nitrogen and oxygen atoms in total. The van der Waals surface area contributed by atoms with E-state index in [1.165, 1.54) is 50.7 Å². The van der Waals surface area contributed by atoms with Gasteiger partial charge in [-0.3, -0.25) is 9.79 Å². The molecule has 0 spiro atoms. The van der Waals surface area contributed by atoms with E-state index in [-0.39, 0.29) is 0 Å². The SMILES string of the molecule is CCCCCCCCN=C1C2C3CC4C2C(=O)C2C1C3C42. The molecule has 5 aliphatic carbocycles. The van der Waals surface area contributed by atoms with Crippen molar-refractivity contribution in [1.29, 1.82) is 0 Å². The molecule has 0 aromatic heterocycles. The van der Waals surface area contributed by atoms with Crippen molar-refractivity contribution < 1.29 is 4.79 Å². The van der Waals surface area contributed by atoms with Crippen LogP contribution in [0, 0.1) is 47.3 Å². The Labute approximate surface area is 127 Å². The van der Waals surface area contributed by atoms with Crippen LogP contribution in [0.1, 0.15) is 51.9 Å². The van der Waals surface area contributed by atoms with Gasteiger partial charge in [0.25, 0.3) is 0 Å². The Balaban J connectivity index is 1.23. The number of fused-ring (bicyclic) bond motifs is 2. The van der Waals surface area contributed by atoms with E-state index in [0.717, 1.165) is 30.2 Å². The third-order valence-electron chi connectivity index (χ3n) is 7.65. The minimum atomic E-state index is 0.434. The zero-order chi connectivity index (χ0) is 14.1. The van der Waals surface area contributed by atoms with E-state index < -0.39 is 0 Å². The van der Waals surface area contributed by atoms with Gasteiger partial charge in [0.2, 0.25) is 0 Å². The van der Waals surface area contributed by atoms with Crippen LogP contribution in [-0.2, 0) is 4.79 Å². The third kappa shape index (κ3) is 1.40. The fraction of sp³-hybridized carbons (Fsp3) is 0.895. The van der Waals surface area contributed by atoms with Gasteiger partial charge in [0, 0.05) is 35.9 Å². The highest BCUT2D eigenvalue weighted by Gasteiger charge is 2.82. The molecule has 2 bridgehead atoms. The van der Waals surface area contributed by atoms with Gasteiger partial charge in [-0.15, -0.1) is 0 Å². The predicted octanol–water partition coefficient (Wildman–Crippen LogP) is 3.74. The normalized spacial score (nSPS) is 52.4. The third-order valence-corrected chi connectivity index (χ3v) is 7.65. The van der Waals surface area contributed by atoms with Crippen molar-refractivity contribution >= 4 is 11.5 Å². The first-order valence-corrected chi connectivity index (χ1v) is 9.42. The fourth-order valence-electron chi connectivity index (χ4n) is 7.14. The summed E-state index contributed by atoms with van der Waals surface area (Å²) in [5, 5.41) is 0. The Hall–Kier alpha value is -0.660. The first-order valence-electron chi connectivity index (χ1n) is 9.42. The second-order valence-corrected chi connectivity index (χ2v) is 8.30. The van der Waals surface area contributed by atoms with Gasteiger partial charge in [-0.1, -0.05) is 39.0 Å². The second-order valence-electron chi connectivity index (χ2n) is 8.30. The molecule has 0 radical (unpaired) electrons. The quantitative estimate of drug-likeness (QED) is 0.655. The summed E-state index contributed by atoms with van der Waals surface area (Å²) in [6, 6.07) is 0. The van der Waals surface area contributed by atoms with Crippen molar-refractivity contribution in [2.45, 2.75) is 51.9 Å². The van der Waals surface area contributed by atoms with Crippen molar-refractivity contribution in [2.75, 3.05) is 6.54 Å². The number of Topliss-reactive ketones (excluding diaryl/α,β-unsaturated/α-hetero) is 1. The van der Waals surface area contributed by atoms with Gasteiger partial charge in [-0.2, -0.15) is 0 Å². The maximum Gasteiger partial charge on any atom is 0.140 e. The fourth-order valence-corrected chi connectivity index (χ4v) is 7.14. The molecule has 5 saturated carbocycles. The maximum atomic E-state index is 12.5. The van der Waals surface area contributed by atoms with Crippen molar-refractivity contribution in [3.8, 4) is 0 Å². The van der Waals surface area contributed by atoms with Crippen molar-refractivity contribution in [1.82, 2.24) is 0 Å². The first-order chi connectivity index (χ1) is 10.3. The van der Waals surface area contributed by atoms with Crippen LogP contribution in [0.2, 0.25) is 0 Å². The van der Waals surface area contributed by atoms with Crippen molar-refractivity contribution in [3.63, 3.8) is 0 Å². The highest BCUT2D eigenvalue weighted by Crippen LogP contribution is 2.80. The van der Waals surface area contributed by atoms with Crippen LogP contribution in [-0.4, -0.2) is 18.0 Å². The van der Waals surface area contributed by atoms with E-state index >= 15 is 0 Å². The molecule has 0 heterocycles. The van der Waals surface area contributed by atoms with Gasteiger partial charge in [0.1, 0.15) is 5.78 Å². The summed E-state index contributed by atoms with van der Waals surface area (Å²) in [6.45, 7) is 3.31. The van der Waals surface area contributed by atoms with E-state index in [0.29, 0.717) is 29.5 Å². The predicted molar refractivity (Wildman–Crippen MR) is 83.2 cm³/mol. The number of aliphatic imine (C=N–C) groups is 1. The molecule has 0 aromatic carbocycles.